The van der Waals surface area contributed by atoms with Crippen molar-refractivity contribution in [2.75, 3.05) is 20.1 Å². The van der Waals surface area contributed by atoms with E-state index in [4.69, 9.17) is 9.26 Å². The Balaban J connectivity index is 1.39. The summed E-state index contributed by atoms with van der Waals surface area (Å²) < 4.78 is 11.4. The number of hydrogen-bond acceptors (Lipinski definition) is 6. The number of hydrogen-bond donors (Lipinski definition) is 0. The highest BCUT2D eigenvalue weighted by Crippen LogP contribution is 2.24. The molecule has 1 aliphatic heterocycles. The Labute approximate surface area is 159 Å². The zero-order chi connectivity index (χ0) is 18.5. The smallest absolute Gasteiger partial charge is 0.227 e. The molecule has 0 bridgehead atoms. The van der Waals surface area contributed by atoms with E-state index in [-0.39, 0.29) is 0 Å². The predicted octanol–water partition coefficient (Wildman–Crippen LogP) is 3.59. The predicted molar refractivity (Wildman–Crippen MR) is 102 cm³/mol. The van der Waals surface area contributed by atoms with Gasteiger partial charge in [0.1, 0.15) is 12.4 Å². The minimum atomic E-state index is 0.477. The molecule has 0 atom stereocenters. The summed E-state index contributed by atoms with van der Waals surface area (Å²) in [5.74, 6) is 2.74. The van der Waals surface area contributed by atoms with Crippen molar-refractivity contribution in [2.24, 2.45) is 5.92 Å². The van der Waals surface area contributed by atoms with E-state index in [1.165, 1.54) is 12.8 Å². The molecule has 1 saturated heterocycles. The molecule has 3 heterocycles. The Morgan fingerprint density at radius 2 is 2.07 bits per heavy atom. The van der Waals surface area contributed by atoms with Crippen LogP contribution < -0.4 is 4.74 Å². The molecule has 0 unspecified atom stereocenters. The fourth-order valence-corrected chi connectivity index (χ4v) is 3.34. The first-order valence-electron chi connectivity index (χ1n) is 9.39. The fraction of sp³-hybridized carbons (Fsp3) is 0.381. The van der Waals surface area contributed by atoms with Gasteiger partial charge in [0.25, 0.3) is 0 Å². The van der Waals surface area contributed by atoms with E-state index in [0.717, 1.165) is 42.3 Å². The molecule has 0 spiro atoms. The van der Waals surface area contributed by atoms with Gasteiger partial charge < -0.3 is 14.2 Å². The highest BCUT2D eigenvalue weighted by Gasteiger charge is 2.20. The summed E-state index contributed by atoms with van der Waals surface area (Å²) in [6.07, 6.45) is 6.79. The van der Waals surface area contributed by atoms with Crippen molar-refractivity contribution in [1.82, 2.24) is 20.0 Å². The average molecular weight is 364 g/mol. The first-order valence-corrected chi connectivity index (χ1v) is 9.39. The second kappa shape index (κ2) is 8.31. The monoisotopic (exact) mass is 364 g/mol. The molecule has 0 amide bonds. The van der Waals surface area contributed by atoms with Crippen molar-refractivity contribution < 1.29 is 9.26 Å². The van der Waals surface area contributed by atoms with Gasteiger partial charge >= 0.3 is 0 Å². The standard InChI is InChI=1S/C21H24N4O2/c1-25-10-7-16(8-11-25)12-20-23-21(24-27-20)18-5-2-6-19(13-18)26-15-17-4-3-9-22-14-17/h2-6,9,13-14,16H,7-8,10-12,15H2,1H3. The molecule has 27 heavy (non-hydrogen) atoms. The Bertz CT molecular complexity index is 857. The zero-order valence-electron chi connectivity index (χ0n) is 15.5. The van der Waals surface area contributed by atoms with Crippen LogP contribution in [0.4, 0.5) is 0 Å². The van der Waals surface area contributed by atoms with Crippen LogP contribution in [0.15, 0.2) is 53.3 Å². The van der Waals surface area contributed by atoms with Crippen molar-refractivity contribution in [2.45, 2.75) is 25.9 Å². The topological polar surface area (TPSA) is 64.3 Å². The van der Waals surface area contributed by atoms with Crippen molar-refractivity contribution >= 4 is 0 Å². The van der Waals surface area contributed by atoms with Crippen molar-refractivity contribution in [3.8, 4) is 17.1 Å². The molecular weight excluding hydrogens is 340 g/mol. The van der Waals surface area contributed by atoms with E-state index in [1.54, 1.807) is 12.4 Å². The number of aromatic nitrogens is 3. The Kier molecular flexibility index (Phi) is 5.44. The van der Waals surface area contributed by atoms with Crippen LogP contribution in [0.1, 0.15) is 24.3 Å². The third-order valence-electron chi connectivity index (χ3n) is 4.99. The molecular formula is C21H24N4O2. The highest BCUT2D eigenvalue weighted by atomic mass is 16.5. The molecule has 6 nitrogen and oxygen atoms in total. The van der Waals surface area contributed by atoms with Crippen LogP contribution in [0, 0.1) is 5.92 Å². The number of ether oxygens (including phenoxy) is 1. The van der Waals surface area contributed by atoms with Gasteiger partial charge in [-0.05, 0) is 57.1 Å². The quantitative estimate of drug-likeness (QED) is 0.666. The second-order valence-corrected chi connectivity index (χ2v) is 7.14. The van der Waals surface area contributed by atoms with Crippen LogP contribution in [0.5, 0.6) is 5.75 Å². The highest BCUT2D eigenvalue weighted by molar-refractivity contribution is 5.56. The van der Waals surface area contributed by atoms with E-state index in [1.807, 2.05) is 36.4 Å². The molecule has 0 aliphatic carbocycles. The minimum Gasteiger partial charge on any atom is -0.489 e. The average Bonchev–Trinajstić information content (AvgIpc) is 3.18. The van der Waals surface area contributed by atoms with E-state index < -0.39 is 0 Å². The summed E-state index contributed by atoms with van der Waals surface area (Å²) in [5, 5.41) is 4.16. The Morgan fingerprint density at radius 3 is 2.89 bits per heavy atom. The maximum Gasteiger partial charge on any atom is 0.227 e. The number of benzene rings is 1. The summed E-state index contributed by atoms with van der Waals surface area (Å²) in [4.78, 5) is 11.1. The van der Waals surface area contributed by atoms with Gasteiger partial charge in [-0.25, -0.2) is 0 Å². The van der Waals surface area contributed by atoms with E-state index in [9.17, 15) is 0 Å². The van der Waals surface area contributed by atoms with Gasteiger partial charge in [0.15, 0.2) is 0 Å². The van der Waals surface area contributed by atoms with Gasteiger partial charge in [0, 0.05) is 29.9 Å². The van der Waals surface area contributed by atoms with Crippen LogP contribution in [0.2, 0.25) is 0 Å². The lowest BCUT2D eigenvalue weighted by atomic mass is 9.94. The Morgan fingerprint density at radius 1 is 1.19 bits per heavy atom. The molecule has 0 N–H and O–H groups in total. The molecule has 0 saturated carbocycles. The van der Waals surface area contributed by atoms with Gasteiger partial charge in [-0.1, -0.05) is 23.4 Å². The summed E-state index contributed by atoms with van der Waals surface area (Å²) in [5.41, 5.74) is 1.93. The van der Waals surface area contributed by atoms with Crippen LogP contribution in [0.3, 0.4) is 0 Å². The molecule has 2 aromatic heterocycles. The second-order valence-electron chi connectivity index (χ2n) is 7.14. The maximum absolute atomic E-state index is 5.86. The summed E-state index contributed by atoms with van der Waals surface area (Å²) in [6, 6.07) is 11.7. The normalized spacial score (nSPS) is 15.7. The third-order valence-corrected chi connectivity index (χ3v) is 4.99. The lowest BCUT2D eigenvalue weighted by Crippen LogP contribution is -2.30. The van der Waals surface area contributed by atoms with Gasteiger partial charge in [0.05, 0.1) is 0 Å². The fourth-order valence-electron chi connectivity index (χ4n) is 3.34. The third kappa shape index (κ3) is 4.71. The summed E-state index contributed by atoms with van der Waals surface area (Å²) in [7, 11) is 2.17. The molecule has 140 valence electrons. The summed E-state index contributed by atoms with van der Waals surface area (Å²) >= 11 is 0. The molecule has 1 aliphatic rings. The number of pyridine rings is 1. The first-order chi connectivity index (χ1) is 13.3. The van der Waals surface area contributed by atoms with Gasteiger partial charge in [-0.15, -0.1) is 0 Å². The van der Waals surface area contributed by atoms with Crippen molar-refractivity contribution in [3.63, 3.8) is 0 Å². The van der Waals surface area contributed by atoms with Gasteiger partial charge in [0.2, 0.25) is 11.7 Å². The van der Waals surface area contributed by atoms with Crippen molar-refractivity contribution in [1.29, 1.82) is 0 Å². The van der Waals surface area contributed by atoms with E-state index in [2.05, 4.69) is 27.1 Å². The molecule has 0 radical (unpaired) electrons. The van der Waals surface area contributed by atoms with Crippen LogP contribution >= 0.6 is 0 Å². The number of likely N-dealkylation sites (tertiary alicyclic amines) is 1. The van der Waals surface area contributed by atoms with Crippen LogP contribution in [-0.4, -0.2) is 40.2 Å². The van der Waals surface area contributed by atoms with E-state index in [0.29, 0.717) is 18.3 Å². The van der Waals surface area contributed by atoms with Crippen LogP contribution in [0.25, 0.3) is 11.4 Å². The molecule has 1 aromatic carbocycles. The van der Waals surface area contributed by atoms with Gasteiger partial charge in [-0.3, -0.25) is 4.98 Å². The maximum atomic E-state index is 5.86. The molecule has 6 heteroatoms. The largest absolute Gasteiger partial charge is 0.489 e. The molecule has 1 fully saturated rings. The number of rotatable bonds is 6. The molecule has 3 aromatic rings. The Hall–Kier alpha value is -2.73. The summed E-state index contributed by atoms with van der Waals surface area (Å²) in [6.45, 7) is 2.76. The van der Waals surface area contributed by atoms with Crippen molar-refractivity contribution in [3.05, 3.63) is 60.2 Å². The molecule has 4 rings (SSSR count). The lowest BCUT2D eigenvalue weighted by molar-refractivity contribution is 0.208. The first kappa shape index (κ1) is 17.7. The van der Waals surface area contributed by atoms with Crippen LogP contribution in [-0.2, 0) is 13.0 Å². The zero-order valence-corrected chi connectivity index (χ0v) is 15.5. The van der Waals surface area contributed by atoms with Gasteiger partial charge in [-0.2, -0.15) is 4.98 Å². The minimum absolute atomic E-state index is 0.477. The number of nitrogens with zero attached hydrogens (tertiary/aromatic N) is 4. The number of piperidine rings is 1. The SMILES string of the molecule is CN1CCC(Cc2nc(-c3cccc(OCc4cccnc4)c3)no2)CC1. The van der Waals surface area contributed by atoms with E-state index >= 15 is 0 Å². The lowest BCUT2D eigenvalue weighted by Gasteiger charge is -2.27.